The standard InChI is InChI=1S/C15H13NO6S/c1-9-5-7-10(8-6-9)23(21,22)16-12-4-2-3-11(14(17)18)13(12)15(19)20/h2-8,16H,1H3,(H,17,18)(H,19,20). The van der Waals surface area contributed by atoms with Crippen molar-refractivity contribution in [2.45, 2.75) is 11.8 Å². The first-order valence-corrected chi connectivity index (χ1v) is 7.90. The fourth-order valence-electron chi connectivity index (χ4n) is 1.97. The number of aromatic carboxylic acids is 2. The largest absolute Gasteiger partial charge is 0.478 e. The molecule has 0 radical (unpaired) electrons. The maximum atomic E-state index is 12.3. The lowest BCUT2D eigenvalue weighted by molar-refractivity contribution is 0.0652. The molecule has 0 aromatic heterocycles. The second-order valence-electron chi connectivity index (χ2n) is 4.76. The van der Waals surface area contributed by atoms with E-state index in [9.17, 15) is 23.1 Å². The van der Waals surface area contributed by atoms with Crippen molar-refractivity contribution in [3.05, 3.63) is 59.2 Å². The molecule has 0 spiro atoms. The Labute approximate surface area is 132 Å². The van der Waals surface area contributed by atoms with Crippen molar-refractivity contribution in [3.8, 4) is 0 Å². The SMILES string of the molecule is Cc1ccc(S(=O)(=O)Nc2cccc(C(=O)O)c2C(=O)O)cc1. The minimum Gasteiger partial charge on any atom is -0.478 e. The van der Waals surface area contributed by atoms with Gasteiger partial charge in [-0.25, -0.2) is 18.0 Å². The van der Waals surface area contributed by atoms with Crippen molar-refractivity contribution in [1.29, 1.82) is 0 Å². The summed E-state index contributed by atoms with van der Waals surface area (Å²) in [5.41, 5.74) is -0.557. The topological polar surface area (TPSA) is 121 Å². The average molecular weight is 335 g/mol. The molecule has 3 N–H and O–H groups in total. The van der Waals surface area contributed by atoms with Gasteiger partial charge in [-0.3, -0.25) is 4.72 Å². The van der Waals surface area contributed by atoms with Gasteiger partial charge in [-0.1, -0.05) is 23.8 Å². The van der Waals surface area contributed by atoms with Crippen LogP contribution in [0.25, 0.3) is 0 Å². The summed E-state index contributed by atoms with van der Waals surface area (Å²) in [6.45, 7) is 1.79. The van der Waals surface area contributed by atoms with Crippen LogP contribution in [0.4, 0.5) is 5.69 Å². The van der Waals surface area contributed by atoms with Crippen molar-refractivity contribution in [2.24, 2.45) is 0 Å². The summed E-state index contributed by atoms with van der Waals surface area (Å²) in [5.74, 6) is -3.00. The molecule has 0 aliphatic rings. The van der Waals surface area contributed by atoms with Crippen LogP contribution >= 0.6 is 0 Å². The van der Waals surface area contributed by atoms with Gasteiger partial charge >= 0.3 is 11.9 Å². The molecule has 0 aliphatic heterocycles. The summed E-state index contributed by atoms with van der Waals surface area (Å²) < 4.78 is 26.8. The van der Waals surface area contributed by atoms with E-state index in [0.29, 0.717) is 0 Å². The molecule has 120 valence electrons. The molecular formula is C15H13NO6S. The maximum absolute atomic E-state index is 12.3. The maximum Gasteiger partial charge on any atom is 0.338 e. The number of carboxylic acids is 2. The van der Waals surface area contributed by atoms with E-state index in [-0.39, 0.29) is 10.6 Å². The Hall–Kier alpha value is -2.87. The molecule has 2 aromatic rings. The molecule has 0 aliphatic carbocycles. The summed E-state index contributed by atoms with van der Waals surface area (Å²) in [6, 6.07) is 9.50. The predicted molar refractivity (Wildman–Crippen MR) is 82.3 cm³/mol. The molecule has 0 atom stereocenters. The van der Waals surface area contributed by atoms with Gasteiger partial charge in [0.15, 0.2) is 0 Å². The number of hydrogen-bond acceptors (Lipinski definition) is 4. The lowest BCUT2D eigenvalue weighted by Gasteiger charge is -2.12. The minimum absolute atomic E-state index is 0.0554. The molecular weight excluding hydrogens is 322 g/mol. The van der Waals surface area contributed by atoms with E-state index in [1.54, 1.807) is 19.1 Å². The summed E-state index contributed by atoms with van der Waals surface area (Å²) >= 11 is 0. The van der Waals surface area contributed by atoms with Gasteiger partial charge in [0.25, 0.3) is 10.0 Å². The molecule has 0 heterocycles. The van der Waals surface area contributed by atoms with Crippen molar-refractivity contribution in [2.75, 3.05) is 4.72 Å². The zero-order valence-corrected chi connectivity index (χ0v) is 12.8. The van der Waals surface area contributed by atoms with Crippen LogP contribution in [0.15, 0.2) is 47.4 Å². The monoisotopic (exact) mass is 335 g/mol. The van der Waals surface area contributed by atoms with Crippen molar-refractivity contribution < 1.29 is 28.2 Å². The van der Waals surface area contributed by atoms with E-state index in [0.717, 1.165) is 11.6 Å². The van der Waals surface area contributed by atoms with E-state index >= 15 is 0 Å². The highest BCUT2D eigenvalue weighted by atomic mass is 32.2. The van der Waals surface area contributed by atoms with Crippen LogP contribution < -0.4 is 4.72 Å². The van der Waals surface area contributed by atoms with E-state index in [1.165, 1.54) is 24.3 Å². The first-order valence-electron chi connectivity index (χ1n) is 6.41. The minimum atomic E-state index is -4.03. The van der Waals surface area contributed by atoms with Crippen LogP contribution in [-0.2, 0) is 10.0 Å². The third-order valence-corrected chi connectivity index (χ3v) is 4.47. The van der Waals surface area contributed by atoms with Crippen LogP contribution in [0.5, 0.6) is 0 Å². The van der Waals surface area contributed by atoms with E-state index < -0.39 is 33.1 Å². The fraction of sp³-hybridized carbons (Fsp3) is 0.0667. The molecule has 0 bridgehead atoms. The van der Waals surface area contributed by atoms with Crippen LogP contribution in [0.2, 0.25) is 0 Å². The van der Waals surface area contributed by atoms with Crippen molar-refractivity contribution >= 4 is 27.6 Å². The summed E-state index contributed by atoms with van der Waals surface area (Å²) in [4.78, 5) is 22.4. The highest BCUT2D eigenvalue weighted by Gasteiger charge is 2.23. The van der Waals surface area contributed by atoms with Crippen LogP contribution in [-0.4, -0.2) is 30.6 Å². The average Bonchev–Trinajstić information content (AvgIpc) is 2.46. The number of anilines is 1. The van der Waals surface area contributed by atoms with Gasteiger partial charge in [-0.2, -0.15) is 0 Å². The van der Waals surface area contributed by atoms with Gasteiger partial charge in [0.05, 0.1) is 21.7 Å². The normalized spacial score (nSPS) is 11.0. The summed E-state index contributed by atoms with van der Waals surface area (Å²) in [7, 11) is -4.03. The Morgan fingerprint density at radius 1 is 0.957 bits per heavy atom. The fourth-order valence-corrected chi connectivity index (χ4v) is 3.04. The van der Waals surface area contributed by atoms with Crippen LogP contribution in [0.1, 0.15) is 26.3 Å². The van der Waals surface area contributed by atoms with Crippen molar-refractivity contribution in [3.63, 3.8) is 0 Å². The van der Waals surface area contributed by atoms with Crippen LogP contribution in [0, 0.1) is 6.92 Å². The number of aryl methyl sites for hydroxylation is 1. The lowest BCUT2D eigenvalue weighted by Crippen LogP contribution is -2.18. The quantitative estimate of drug-likeness (QED) is 0.770. The predicted octanol–water partition coefficient (Wildman–Crippen LogP) is 2.19. The van der Waals surface area contributed by atoms with Gasteiger partial charge in [0, 0.05) is 0 Å². The Bertz CT molecular complexity index is 871. The number of carbonyl (C=O) groups is 2. The first kappa shape index (κ1) is 16.5. The third kappa shape index (κ3) is 3.49. The molecule has 0 fully saturated rings. The molecule has 0 saturated heterocycles. The number of nitrogens with one attached hydrogen (secondary N) is 1. The number of carboxylic acid groups (broad SMARTS) is 2. The lowest BCUT2D eigenvalue weighted by atomic mass is 10.1. The highest BCUT2D eigenvalue weighted by molar-refractivity contribution is 7.92. The van der Waals surface area contributed by atoms with Gasteiger partial charge in [-0.15, -0.1) is 0 Å². The zero-order chi connectivity index (χ0) is 17.2. The van der Waals surface area contributed by atoms with E-state index in [4.69, 9.17) is 5.11 Å². The molecule has 2 rings (SSSR count). The Morgan fingerprint density at radius 3 is 2.09 bits per heavy atom. The molecule has 2 aromatic carbocycles. The zero-order valence-electron chi connectivity index (χ0n) is 12.0. The van der Waals surface area contributed by atoms with Crippen molar-refractivity contribution in [1.82, 2.24) is 0 Å². The second kappa shape index (κ2) is 6.09. The van der Waals surface area contributed by atoms with Gasteiger partial charge < -0.3 is 10.2 Å². The molecule has 7 nitrogen and oxygen atoms in total. The smallest absolute Gasteiger partial charge is 0.338 e. The van der Waals surface area contributed by atoms with Crippen LogP contribution in [0.3, 0.4) is 0 Å². The number of rotatable bonds is 5. The Morgan fingerprint density at radius 2 is 1.57 bits per heavy atom. The highest BCUT2D eigenvalue weighted by Crippen LogP contribution is 2.24. The summed E-state index contributed by atoms with van der Waals surface area (Å²) in [5, 5.41) is 18.2. The van der Waals surface area contributed by atoms with Gasteiger partial charge in [0.1, 0.15) is 0 Å². The molecule has 0 saturated carbocycles. The molecule has 0 amide bonds. The Balaban J connectivity index is 2.51. The number of benzene rings is 2. The van der Waals surface area contributed by atoms with E-state index in [1.807, 2.05) is 0 Å². The third-order valence-electron chi connectivity index (χ3n) is 3.08. The number of hydrogen-bond donors (Lipinski definition) is 3. The van der Waals surface area contributed by atoms with Gasteiger partial charge in [-0.05, 0) is 31.2 Å². The first-order chi connectivity index (χ1) is 10.7. The Kier molecular flexibility index (Phi) is 4.37. The summed E-state index contributed by atoms with van der Waals surface area (Å²) in [6.07, 6.45) is 0. The second-order valence-corrected chi connectivity index (χ2v) is 6.44. The molecule has 8 heteroatoms. The molecule has 23 heavy (non-hydrogen) atoms. The van der Waals surface area contributed by atoms with Gasteiger partial charge in [0.2, 0.25) is 0 Å². The van der Waals surface area contributed by atoms with E-state index in [2.05, 4.69) is 4.72 Å². The molecule has 0 unspecified atom stereocenters. The number of sulfonamides is 1.